The highest BCUT2D eigenvalue weighted by molar-refractivity contribution is 5.98. The molecule has 4 nitrogen and oxygen atoms in total. The van der Waals surface area contributed by atoms with Crippen molar-refractivity contribution in [2.24, 2.45) is 0 Å². The molecule has 4 heteroatoms. The van der Waals surface area contributed by atoms with Gasteiger partial charge >= 0.3 is 0 Å². The molecule has 1 unspecified atom stereocenters. The van der Waals surface area contributed by atoms with Gasteiger partial charge in [0.15, 0.2) is 0 Å². The molecule has 0 aromatic heterocycles. The van der Waals surface area contributed by atoms with E-state index in [1.54, 1.807) is 13.0 Å². The van der Waals surface area contributed by atoms with Crippen LogP contribution >= 0.6 is 0 Å². The van der Waals surface area contributed by atoms with E-state index in [2.05, 4.69) is 17.2 Å². The summed E-state index contributed by atoms with van der Waals surface area (Å²) in [6, 6.07) is 5.57. The number of nitrogens with one attached hydrogen (secondary N) is 1. The molecule has 0 aliphatic carbocycles. The van der Waals surface area contributed by atoms with Crippen LogP contribution < -0.4 is 5.32 Å². The molecule has 0 bridgehead atoms. The number of methoxy groups -OCH3 is 1. The largest absolute Gasteiger partial charge is 0.384 e. The van der Waals surface area contributed by atoms with E-state index in [-0.39, 0.29) is 12.5 Å². The quantitative estimate of drug-likeness (QED) is 0.827. The third kappa shape index (κ3) is 3.83. The van der Waals surface area contributed by atoms with Gasteiger partial charge in [0.25, 0.3) is 5.91 Å². The van der Waals surface area contributed by atoms with E-state index in [0.29, 0.717) is 17.7 Å². The molecule has 0 radical (unpaired) electrons. The lowest BCUT2D eigenvalue weighted by atomic mass is 10.0. The molecule has 0 saturated carbocycles. The molecule has 2 N–H and O–H groups in total. The molecule has 1 aromatic rings. The summed E-state index contributed by atoms with van der Waals surface area (Å²) in [6.45, 7) is 5.37. The van der Waals surface area contributed by atoms with E-state index in [9.17, 15) is 4.79 Å². The highest BCUT2D eigenvalue weighted by Gasteiger charge is 2.31. The monoisotopic (exact) mass is 275 g/mol. The van der Waals surface area contributed by atoms with Crippen molar-refractivity contribution >= 4 is 11.6 Å². The van der Waals surface area contributed by atoms with Gasteiger partial charge in [0.05, 0.1) is 5.69 Å². The van der Waals surface area contributed by atoms with Gasteiger partial charge in [-0.15, -0.1) is 0 Å². The standard InChI is InChI=1S/C16H21NO3/c1-5-16(3,20-4)15(19)17-14-9-8-12(2)11-13(14)7-6-10-18/h8-9,11,18H,5,10H2,1-4H3,(H,17,19). The molecule has 1 rings (SSSR count). The van der Waals surface area contributed by atoms with Crippen molar-refractivity contribution in [1.82, 2.24) is 0 Å². The number of aliphatic hydroxyl groups is 1. The SMILES string of the molecule is CCC(C)(OC)C(=O)Nc1ccc(C)cc1C#CCO. The molecular formula is C16H21NO3. The Morgan fingerprint density at radius 2 is 2.20 bits per heavy atom. The molecule has 1 aromatic carbocycles. The first-order chi connectivity index (χ1) is 9.46. The number of aryl methyl sites for hydroxylation is 1. The van der Waals surface area contributed by atoms with Crippen molar-refractivity contribution in [3.8, 4) is 11.8 Å². The Bertz CT molecular complexity index is 536. The fraction of sp³-hybridized carbons (Fsp3) is 0.438. The van der Waals surface area contributed by atoms with Gasteiger partial charge in [0, 0.05) is 12.7 Å². The number of benzene rings is 1. The minimum atomic E-state index is -0.868. The Morgan fingerprint density at radius 1 is 1.50 bits per heavy atom. The van der Waals surface area contributed by atoms with Gasteiger partial charge in [-0.3, -0.25) is 4.79 Å². The molecule has 1 amide bonds. The number of carbonyl (C=O) groups excluding carboxylic acids is 1. The van der Waals surface area contributed by atoms with Crippen LogP contribution in [0.15, 0.2) is 18.2 Å². The minimum Gasteiger partial charge on any atom is -0.384 e. The average molecular weight is 275 g/mol. The Balaban J connectivity index is 3.06. The lowest BCUT2D eigenvalue weighted by Gasteiger charge is -2.25. The third-order valence-electron chi connectivity index (χ3n) is 3.33. The molecular weight excluding hydrogens is 254 g/mol. The van der Waals surface area contributed by atoms with E-state index < -0.39 is 5.60 Å². The van der Waals surface area contributed by atoms with Gasteiger partial charge < -0.3 is 15.2 Å². The van der Waals surface area contributed by atoms with Gasteiger partial charge in [-0.05, 0) is 38.0 Å². The maximum Gasteiger partial charge on any atom is 0.256 e. The van der Waals surface area contributed by atoms with E-state index in [1.807, 2.05) is 26.0 Å². The molecule has 1 atom stereocenters. The van der Waals surface area contributed by atoms with Crippen molar-refractivity contribution < 1.29 is 14.6 Å². The summed E-state index contributed by atoms with van der Waals surface area (Å²) in [4.78, 5) is 12.3. The summed E-state index contributed by atoms with van der Waals surface area (Å²) in [5.74, 6) is 5.23. The van der Waals surface area contributed by atoms with Gasteiger partial charge in [-0.1, -0.05) is 24.8 Å². The number of carbonyl (C=O) groups is 1. The highest BCUT2D eigenvalue weighted by Crippen LogP contribution is 2.21. The number of ether oxygens (including phenoxy) is 1. The molecule has 0 aliphatic heterocycles. The molecule has 108 valence electrons. The zero-order chi connectivity index (χ0) is 15.2. The number of anilines is 1. The van der Waals surface area contributed by atoms with Crippen molar-refractivity contribution in [2.75, 3.05) is 19.0 Å². The van der Waals surface area contributed by atoms with Crippen LogP contribution in [0.3, 0.4) is 0 Å². The number of amides is 1. The second-order valence-electron chi connectivity index (χ2n) is 4.75. The van der Waals surface area contributed by atoms with Crippen LogP contribution in [0.25, 0.3) is 0 Å². The fourth-order valence-electron chi connectivity index (χ4n) is 1.66. The second kappa shape index (κ2) is 7.09. The average Bonchev–Trinajstić information content (AvgIpc) is 2.46. The molecule has 0 spiro atoms. The van der Waals surface area contributed by atoms with E-state index >= 15 is 0 Å². The van der Waals surface area contributed by atoms with Gasteiger partial charge in [-0.25, -0.2) is 0 Å². The zero-order valence-electron chi connectivity index (χ0n) is 12.4. The van der Waals surface area contributed by atoms with Crippen LogP contribution in [-0.4, -0.2) is 30.3 Å². The Labute approximate surface area is 120 Å². The summed E-state index contributed by atoms with van der Waals surface area (Å²) < 4.78 is 5.28. The van der Waals surface area contributed by atoms with Crippen molar-refractivity contribution in [3.05, 3.63) is 29.3 Å². The van der Waals surface area contributed by atoms with Crippen LogP contribution in [0.2, 0.25) is 0 Å². The molecule has 20 heavy (non-hydrogen) atoms. The fourth-order valence-corrected chi connectivity index (χ4v) is 1.66. The first kappa shape index (κ1) is 16.2. The predicted molar refractivity (Wildman–Crippen MR) is 79.5 cm³/mol. The molecule has 0 heterocycles. The predicted octanol–water partition coefficient (Wildman–Crippen LogP) is 2.09. The first-order valence-electron chi connectivity index (χ1n) is 6.53. The van der Waals surface area contributed by atoms with Gasteiger partial charge in [0.1, 0.15) is 12.2 Å². The highest BCUT2D eigenvalue weighted by atomic mass is 16.5. The van der Waals surface area contributed by atoms with Crippen LogP contribution in [0, 0.1) is 18.8 Å². The summed E-state index contributed by atoms with van der Waals surface area (Å²) in [7, 11) is 1.52. The van der Waals surface area contributed by atoms with Crippen LogP contribution in [0.5, 0.6) is 0 Å². The molecule has 0 fully saturated rings. The van der Waals surface area contributed by atoms with Crippen molar-refractivity contribution in [3.63, 3.8) is 0 Å². The topological polar surface area (TPSA) is 58.6 Å². The summed E-state index contributed by atoms with van der Waals surface area (Å²) in [5.41, 5.74) is 1.47. The first-order valence-corrected chi connectivity index (χ1v) is 6.53. The number of aliphatic hydroxyl groups excluding tert-OH is 1. The minimum absolute atomic E-state index is 0.210. The third-order valence-corrected chi connectivity index (χ3v) is 3.33. The van der Waals surface area contributed by atoms with Crippen molar-refractivity contribution in [1.29, 1.82) is 0 Å². The number of hydrogen-bond donors (Lipinski definition) is 2. The van der Waals surface area contributed by atoms with Gasteiger partial charge in [0.2, 0.25) is 0 Å². The number of hydrogen-bond acceptors (Lipinski definition) is 3. The Hall–Kier alpha value is -1.83. The zero-order valence-corrected chi connectivity index (χ0v) is 12.4. The van der Waals surface area contributed by atoms with E-state index in [4.69, 9.17) is 9.84 Å². The van der Waals surface area contributed by atoms with Crippen molar-refractivity contribution in [2.45, 2.75) is 32.8 Å². The van der Waals surface area contributed by atoms with Crippen LogP contribution in [0.1, 0.15) is 31.4 Å². The summed E-state index contributed by atoms with van der Waals surface area (Å²) >= 11 is 0. The second-order valence-corrected chi connectivity index (χ2v) is 4.75. The maximum atomic E-state index is 12.3. The number of rotatable bonds is 4. The lowest BCUT2D eigenvalue weighted by Crippen LogP contribution is -2.41. The normalized spacial score (nSPS) is 13.1. The summed E-state index contributed by atoms with van der Waals surface area (Å²) in [6.07, 6.45) is 0.568. The lowest BCUT2D eigenvalue weighted by molar-refractivity contribution is -0.136. The van der Waals surface area contributed by atoms with Gasteiger partial charge in [-0.2, -0.15) is 0 Å². The van der Waals surface area contributed by atoms with Crippen LogP contribution in [-0.2, 0) is 9.53 Å². The Kier molecular flexibility index (Phi) is 5.75. The summed E-state index contributed by atoms with van der Waals surface area (Å²) in [5, 5.41) is 11.6. The van der Waals surface area contributed by atoms with Crippen LogP contribution in [0.4, 0.5) is 5.69 Å². The smallest absolute Gasteiger partial charge is 0.256 e. The molecule has 0 saturated heterocycles. The molecule has 0 aliphatic rings. The van der Waals surface area contributed by atoms with E-state index in [0.717, 1.165) is 5.56 Å². The Morgan fingerprint density at radius 3 is 2.75 bits per heavy atom. The van der Waals surface area contributed by atoms with E-state index in [1.165, 1.54) is 7.11 Å². The maximum absolute atomic E-state index is 12.3.